The molecule has 1 fully saturated rings. The van der Waals surface area contributed by atoms with Gasteiger partial charge < -0.3 is 14.5 Å². The molecule has 94 valence electrons. The molecular formula is C12H24N2O2. The third-order valence-corrected chi connectivity index (χ3v) is 2.86. The molecule has 1 aliphatic rings. The topological polar surface area (TPSA) is 32.8 Å². The van der Waals surface area contributed by atoms with E-state index in [1.165, 1.54) is 0 Å². The quantitative estimate of drug-likeness (QED) is 0.739. The first kappa shape index (κ1) is 13.3. The van der Waals surface area contributed by atoms with Crippen molar-refractivity contribution in [2.45, 2.75) is 45.8 Å². The van der Waals surface area contributed by atoms with Crippen LogP contribution in [0.3, 0.4) is 0 Å². The second-order valence-corrected chi connectivity index (χ2v) is 4.72. The number of hydrogen-bond donors (Lipinski definition) is 0. The van der Waals surface area contributed by atoms with Crippen molar-refractivity contribution in [1.29, 1.82) is 0 Å². The van der Waals surface area contributed by atoms with Crippen molar-refractivity contribution in [3.8, 4) is 0 Å². The first-order valence-electron chi connectivity index (χ1n) is 6.20. The van der Waals surface area contributed by atoms with Crippen molar-refractivity contribution >= 4 is 6.03 Å². The molecule has 4 heteroatoms. The van der Waals surface area contributed by atoms with Crippen LogP contribution in [0.5, 0.6) is 0 Å². The van der Waals surface area contributed by atoms with Gasteiger partial charge in [0.2, 0.25) is 0 Å². The lowest BCUT2D eigenvalue weighted by molar-refractivity contribution is -0.0576. The van der Waals surface area contributed by atoms with Crippen molar-refractivity contribution in [2.24, 2.45) is 0 Å². The van der Waals surface area contributed by atoms with Crippen molar-refractivity contribution in [3.05, 3.63) is 0 Å². The Bertz CT molecular complexity index is 223. The molecule has 0 aliphatic carbocycles. The largest absolute Gasteiger partial charge is 0.372 e. The molecule has 0 aromatic rings. The third-order valence-electron chi connectivity index (χ3n) is 2.86. The molecule has 4 nitrogen and oxygen atoms in total. The van der Waals surface area contributed by atoms with Gasteiger partial charge in [-0.2, -0.15) is 0 Å². The zero-order chi connectivity index (χ0) is 12.1. The molecule has 0 radical (unpaired) electrons. The van der Waals surface area contributed by atoms with Crippen LogP contribution in [0, 0.1) is 0 Å². The number of rotatable bonds is 3. The maximum Gasteiger partial charge on any atom is 0.319 e. The highest BCUT2D eigenvalue weighted by atomic mass is 16.5. The summed E-state index contributed by atoms with van der Waals surface area (Å²) < 4.78 is 5.62. The highest BCUT2D eigenvalue weighted by Gasteiger charge is 2.27. The van der Waals surface area contributed by atoms with Gasteiger partial charge in [-0.1, -0.05) is 13.3 Å². The number of nitrogens with zero attached hydrogens (tertiary/aromatic N) is 2. The maximum atomic E-state index is 12.1. The Balaban J connectivity index is 2.45. The average molecular weight is 228 g/mol. The molecule has 0 spiro atoms. The monoisotopic (exact) mass is 228 g/mol. The molecular weight excluding hydrogens is 204 g/mol. The molecule has 2 amide bonds. The summed E-state index contributed by atoms with van der Waals surface area (Å²) in [7, 11) is 1.88. The number of amides is 2. The molecule has 1 saturated heterocycles. The molecule has 2 atom stereocenters. The fourth-order valence-corrected chi connectivity index (χ4v) is 2.07. The summed E-state index contributed by atoms with van der Waals surface area (Å²) in [5, 5.41) is 0. The lowest BCUT2D eigenvalue weighted by Gasteiger charge is -2.37. The molecule has 2 unspecified atom stereocenters. The Hall–Kier alpha value is -0.770. The van der Waals surface area contributed by atoms with E-state index in [2.05, 4.69) is 6.92 Å². The minimum atomic E-state index is 0.135. The summed E-state index contributed by atoms with van der Waals surface area (Å²) in [4.78, 5) is 15.8. The van der Waals surface area contributed by atoms with Crippen LogP contribution < -0.4 is 0 Å². The summed E-state index contributed by atoms with van der Waals surface area (Å²) in [5.74, 6) is 0. The summed E-state index contributed by atoms with van der Waals surface area (Å²) in [5.41, 5.74) is 0. The van der Waals surface area contributed by atoms with Crippen LogP contribution in [0.15, 0.2) is 0 Å². The molecule has 1 rings (SSSR count). The molecule has 0 saturated carbocycles. The molecule has 0 bridgehead atoms. The molecule has 0 aromatic carbocycles. The van der Waals surface area contributed by atoms with Crippen molar-refractivity contribution < 1.29 is 9.53 Å². The van der Waals surface area contributed by atoms with Gasteiger partial charge in [0.05, 0.1) is 12.2 Å². The fraction of sp³-hybridized carbons (Fsp3) is 0.917. The van der Waals surface area contributed by atoms with Crippen LogP contribution in [-0.2, 0) is 4.74 Å². The van der Waals surface area contributed by atoms with E-state index in [9.17, 15) is 4.79 Å². The second kappa shape index (κ2) is 6.09. The van der Waals surface area contributed by atoms with E-state index in [-0.39, 0.29) is 18.2 Å². The van der Waals surface area contributed by atoms with Gasteiger partial charge in [0.25, 0.3) is 0 Å². The number of unbranched alkanes of at least 4 members (excludes halogenated alkanes) is 1. The Labute approximate surface area is 98.5 Å². The minimum Gasteiger partial charge on any atom is -0.372 e. The zero-order valence-electron chi connectivity index (χ0n) is 10.9. The second-order valence-electron chi connectivity index (χ2n) is 4.72. The first-order chi connectivity index (χ1) is 7.54. The Morgan fingerprint density at radius 3 is 2.44 bits per heavy atom. The van der Waals surface area contributed by atoms with Crippen LogP contribution in [-0.4, -0.2) is 54.7 Å². The number of hydrogen-bond acceptors (Lipinski definition) is 2. The minimum absolute atomic E-state index is 0.135. The van der Waals surface area contributed by atoms with E-state index in [1.807, 2.05) is 30.7 Å². The van der Waals surface area contributed by atoms with E-state index in [4.69, 9.17) is 4.74 Å². The maximum absolute atomic E-state index is 12.1. The summed E-state index contributed by atoms with van der Waals surface area (Å²) in [6.45, 7) is 8.43. The van der Waals surface area contributed by atoms with Gasteiger partial charge in [0.15, 0.2) is 0 Å². The van der Waals surface area contributed by atoms with Crippen LogP contribution in [0.4, 0.5) is 4.79 Å². The van der Waals surface area contributed by atoms with Crippen LogP contribution in [0.2, 0.25) is 0 Å². The smallest absolute Gasteiger partial charge is 0.319 e. The van der Waals surface area contributed by atoms with Gasteiger partial charge >= 0.3 is 6.03 Å². The predicted octanol–water partition coefficient (Wildman–Crippen LogP) is 1.95. The van der Waals surface area contributed by atoms with Crippen LogP contribution in [0.25, 0.3) is 0 Å². The highest BCUT2D eigenvalue weighted by Crippen LogP contribution is 2.12. The number of ether oxygens (including phenoxy) is 1. The zero-order valence-corrected chi connectivity index (χ0v) is 10.9. The third kappa shape index (κ3) is 3.67. The molecule has 0 N–H and O–H groups in total. The highest BCUT2D eigenvalue weighted by molar-refractivity contribution is 5.74. The van der Waals surface area contributed by atoms with Gasteiger partial charge in [-0.3, -0.25) is 0 Å². The van der Waals surface area contributed by atoms with E-state index in [0.29, 0.717) is 13.1 Å². The van der Waals surface area contributed by atoms with E-state index in [1.54, 1.807) is 0 Å². The number of carbonyl (C=O) groups excluding carboxylic acids is 1. The van der Waals surface area contributed by atoms with Crippen LogP contribution >= 0.6 is 0 Å². The number of carbonyl (C=O) groups is 1. The normalized spacial score (nSPS) is 25.6. The number of morpholine rings is 1. The van der Waals surface area contributed by atoms with Gasteiger partial charge in [0.1, 0.15) is 0 Å². The van der Waals surface area contributed by atoms with E-state index >= 15 is 0 Å². The first-order valence-corrected chi connectivity index (χ1v) is 6.20. The molecule has 0 aromatic heterocycles. The summed E-state index contributed by atoms with van der Waals surface area (Å²) in [6, 6.07) is 0.135. The lowest BCUT2D eigenvalue weighted by atomic mass is 10.2. The van der Waals surface area contributed by atoms with Crippen molar-refractivity contribution in [2.75, 3.05) is 26.7 Å². The summed E-state index contributed by atoms with van der Waals surface area (Å²) in [6.07, 6.45) is 2.48. The van der Waals surface area contributed by atoms with Gasteiger partial charge in [-0.05, 0) is 20.3 Å². The number of urea groups is 1. The van der Waals surface area contributed by atoms with Gasteiger partial charge in [-0.25, -0.2) is 4.79 Å². The van der Waals surface area contributed by atoms with Crippen molar-refractivity contribution in [3.63, 3.8) is 0 Å². The fourth-order valence-electron chi connectivity index (χ4n) is 2.07. The van der Waals surface area contributed by atoms with Crippen LogP contribution in [0.1, 0.15) is 33.6 Å². The average Bonchev–Trinajstić information content (AvgIpc) is 2.23. The Kier molecular flexibility index (Phi) is 5.06. The van der Waals surface area contributed by atoms with Gasteiger partial charge in [-0.15, -0.1) is 0 Å². The molecule has 16 heavy (non-hydrogen) atoms. The van der Waals surface area contributed by atoms with Crippen molar-refractivity contribution in [1.82, 2.24) is 9.80 Å². The SMILES string of the molecule is CCCCN(C)C(=O)N1CC(C)OC(C)C1. The molecule has 1 aliphatic heterocycles. The standard InChI is InChI=1S/C12H24N2O2/c1-5-6-7-13(4)12(15)14-8-10(2)16-11(3)9-14/h10-11H,5-9H2,1-4H3. The Morgan fingerprint density at radius 1 is 1.38 bits per heavy atom. The lowest BCUT2D eigenvalue weighted by Crippen LogP contribution is -2.52. The Morgan fingerprint density at radius 2 is 1.94 bits per heavy atom. The molecule has 1 heterocycles. The predicted molar refractivity (Wildman–Crippen MR) is 64.5 cm³/mol. The van der Waals surface area contributed by atoms with Gasteiger partial charge in [0, 0.05) is 26.7 Å². The summed E-state index contributed by atoms with van der Waals surface area (Å²) >= 11 is 0. The van der Waals surface area contributed by atoms with E-state index < -0.39 is 0 Å². The van der Waals surface area contributed by atoms with E-state index in [0.717, 1.165) is 19.4 Å².